The van der Waals surface area contributed by atoms with Gasteiger partial charge in [-0.15, -0.1) is 0 Å². The highest BCUT2D eigenvalue weighted by Crippen LogP contribution is 2.10. The summed E-state index contributed by atoms with van der Waals surface area (Å²) in [4.78, 5) is 18.1. The lowest BCUT2D eigenvalue weighted by Crippen LogP contribution is -2.28. The Kier molecular flexibility index (Phi) is 6.35. The second-order valence-corrected chi connectivity index (χ2v) is 5.68. The zero-order chi connectivity index (χ0) is 16.7. The molecule has 0 aliphatic rings. The Morgan fingerprint density at radius 3 is 2.65 bits per heavy atom. The van der Waals surface area contributed by atoms with E-state index in [0.29, 0.717) is 6.54 Å². The average molecular weight is 315 g/mol. The molecular weight excluding hydrogens is 290 g/mol. The minimum atomic E-state index is -0.308. The van der Waals surface area contributed by atoms with E-state index in [2.05, 4.69) is 23.7 Å². The van der Waals surface area contributed by atoms with Crippen LogP contribution in [0, 0.1) is 0 Å². The lowest BCUT2D eigenvalue weighted by molar-refractivity contribution is 0.274. The van der Waals surface area contributed by atoms with Crippen molar-refractivity contribution in [2.75, 3.05) is 13.1 Å². The standard InChI is InChI=1S/C18H25N3O2/c1-3-10-21-14-18(23)17(22)12-16(21)13-20(4-2)11-7-15-5-8-19-9-6-15/h5-6,8-9,12,14,23H,3-4,7,10-11,13H2,1-2H3. The van der Waals surface area contributed by atoms with Crippen molar-refractivity contribution in [3.63, 3.8) is 0 Å². The highest BCUT2D eigenvalue weighted by atomic mass is 16.3. The minimum Gasteiger partial charge on any atom is -0.503 e. The van der Waals surface area contributed by atoms with Crippen LogP contribution in [-0.4, -0.2) is 32.6 Å². The van der Waals surface area contributed by atoms with E-state index < -0.39 is 0 Å². The molecule has 0 radical (unpaired) electrons. The van der Waals surface area contributed by atoms with Gasteiger partial charge in [0.15, 0.2) is 5.75 Å². The first kappa shape index (κ1) is 17.2. The maximum absolute atomic E-state index is 11.8. The Bertz CT molecular complexity index is 668. The van der Waals surface area contributed by atoms with Gasteiger partial charge in [0.05, 0.1) is 6.20 Å². The van der Waals surface area contributed by atoms with E-state index in [1.807, 2.05) is 29.1 Å². The van der Waals surface area contributed by atoms with Gasteiger partial charge in [0.1, 0.15) is 0 Å². The third-order valence-corrected chi connectivity index (χ3v) is 3.96. The molecule has 0 fully saturated rings. The first-order valence-electron chi connectivity index (χ1n) is 8.17. The Balaban J connectivity index is 2.08. The normalized spacial score (nSPS) is 11.1. The molecule has 124 valence electrons. The second kappa shape index (κ2) is 8.48. The summed E-state index contributed by atoms with van der Waals surface area (Å²) in [6, 6.07) is 5.61. The van der Waals surface area contributed by atoms with Gasteiger partial charge in [0, 0.05) is 43.8 Å². The maximum Gasteiger partial charge on any atom is 0.223 e. The van der Waals surface area contributed by atoms with Crippen LogP contribution in [0.25, 0.3) is 0 Å². The number of aromatic nitrogens is 2. The van der Waals surface area contributed by atoms with Crippen LogP contribution in [-0.2, 0) is 19.5 Å². The summed E-state index contributed by atoms with van der Waals surface area (Å²) in [6.07, 6.45) is 7.08. The third kappa shape index (κ3) is 4.93. The molecule has 0 bridgehead atoms. The van der Waals surface area contributed by atoms with Crippen LogP contribution >= 0.6 is 0 Å². The van der Waals surface area contributed by atoms with Crippen LogP contribution < -0.4 is 5.43 Å². The largest absolute Gasteiger partial charge is 0.503 e. The Morgan fingerprint density at radius 2 is 2.00 bits per heavy atom. The number of likely N-dealkylation sites (N-methyl/N-ethyl adjacent to an activating group) is 1. The Morgan fingerprint density at radius 1 is 1.26 bits per heavy atom. The summed E-state index contributed by atoms with van der Waals surface area (Å²) in [5.74, 6) is -0.179. The molecule has 0 aliphatic heterocycles. The highest BCUT2D eigenvalue weighted by molar-refractivity contribution is 5.20. The fourth-order valence-electron chi connectivity index (χ4n) is 2.60. The van der Waals surface area contributed by atoms with E-state index in [-0.39, 0.29) is 11.2 Å². The molecule has 0 spiro atoms. The van der Waals surface area contributed by atoms with Gasteiger partial charge in [0.25, 0.3) is 0 Å². The van der Waals surface area contributed by atoms with Gasteiger partial charge < -0.3 is 9.67 Å². The number of hydrogen-bond donors (Lipinski definition) is 1. The summed E-state index contributed by atoms with van der Waals surface area (Å²) >= 11 is 0. The van der Waals surface area contributed by atoms with Crippen molar-refractivity contribution in [2.24, 2.45) is 0 Å². The molecular formula is C18H25N3O2. The number of rotatable bonds is 8. The lowest BCUT2D eigenvalue weighted by atomic mass is 10.2. The summed E-state index contributed by atoms with van der Waals surface area (Å²) in [7, 11) is 0. The molecule has 0 saturated heterocycles. The minimum absolute atomic E-state index is 0.179. The molecule has 0 aliphatic carbocycles. The zero-order valence-corrected chi connectivity index (χ0v) is 13.9. The summed E-state index contributed by atoms with van der Waals surface area (Å²) in [5.41, 5.74) is 1.90. The number of aryl methyl sites for hydroxylation is 1. The number of aromatic hydroxyl groups is 1. The van der Waals surface area contributed by atoms with Crippen LogP contribution in [0.1, 0.15) is 31.5 Å². The molecule has 0 atom stereocenters. The summed E-state index contributed by atoms with van der Waals surface area (Å²) in [6.45, 7) is 7.53. The molecule has 2 rings (SSSR count). The van der Waals surface area contributed by atoms with Gasteiger partial charge in [0.2, 0.25) is 5.43 Å². The van der Waals surface area contributed by atoms with E-state index in [1.54, 1.807) is 12.3 Å². The lowest BCUT2D eigenvalue weighted by Gasteiger charge is -2.23. The van der Waals surface area contributed by atoms with E-state index in [9.17, 15) is 9.90 Å². The first-order valence-corrected chi connectivity index (χ1v) is 8.17. The number of nitrogens with zero attached hydrogens (tertiary/aromatic N) is 3. The predicted octanol–water partition coefficient (Wildman–Crippen LogP) is 2.42. The first-order chi connectivity index (χ1) is 11.1. The van der Waals surface area contributed by atoms with Crippen molar-refractivity contribution in [2.45, 2.75) is 39.8 Å². The highest BCUT2D eigenvalue weighted by Gasteiger charge is 2.10. The van der Waals surface area contributed by atoms with Crippen LogP contribution in [0.15, 0.2) is 41.6 Å². The monoisotopic (exact) mass is 315 g/mol. The van der Waals surface area contributed by atoms with E-state index >= 15 is 0 Å². The van der Waals surface area contributed by atoms with Gasteiger partial charge in [-0.1, -0.05) is 13.8 Å². The molecule has 2 heterocycles. The number of hydrogen-bond acceptors (Lipinski definition) is 4. The van der Waals surface area contributed by atoms with Crippen molar-refractivity contribution >= 4 is 0 Å². The summed E-state index contributed by atoms with van der Waals surface area (Å²) < 4.78 is 1.98. The molecule has 0 unspecified atom stereocenters. The second-order valence-electron chi connectivity index (χ2n) is 5.68. The molecule has 23 heavy (non-hydrogen) atoms. The van der Waals surface area contributed by atoms with Crippen molar-refractivity contribution in [3.05, 3.63) is 58.3 Å². The van der Waals surface area contributed by atoms with Gasteiger partial charge in [-0.05, 0) is 37.1 Å². The smallest absolute Gasteiger partial charge is 0.223 e. The molecule has 2 aromatic heterocycles. The Hall–Kier alpha value is -2.14. The third-order valence-electron chi connectivity index (χ3n) is 3.96. The predicted molar refractivity (Wildman–Crippen MR) is 91.5 cm³/mol. The van der Waals surface area contributed by atoms with Crippen molar-refractivity contribution in [1.29, 1.82) is 0 Å². The van der Waals surface area contributed by atoms with Crippen LogP contribution in [0.3, 0.4) is 0 Å². The zero-order valence-electron chi connectivity index (χ0n) is 13.9. The molecule has 5 heteroatoms. The fourth-order valence-corrected chi connectivity index (χ4v) is 2.60. The number of pyridine rings is 2. The van der Waals surface area contributed by atoms with Crippen molar-refractivity contribution in [1.82, 2.24) is 14.5 Å². The molecule has 2 aromatic rings. The SMILES string of the molecule is CCCn1cc(O)c(=O)cc1CN(CC)CCc1ccncc1. The van der Waals surface area contributed by atoms with Gasteiger partial charge >= 0.3 is 0 Å². The van der Waals surface area contributed by atoms with Crippen LogP contribution in [0.2, 0.25) is 0 Å². The van der Waals surface area contributed by atoms with Crippen LogP contribution in [0.5, 0.6) is 5.75 Å². The van der Waals surface area contributed by atoms with E-state index in [0.717, 1.165) is 38.2 Å². The van der Waals surface area contributed by atoms with Gasteiger partial charge in [-0.3, -0.25) is 14.7 Å². The summed E-state index contributed by atoms with van der Waals surface area (Å²) in [5, 5.41) is 9.64. The van der Waals surface area contributed by atoms with E-state index in [1.165, 1.54) is 5.56 Å². The fraction of sp³-hybridized carbons (Fsp3) is 0.444. The van der Waals surface area contributed by atoms with Crippen molar-refractivity contribution < 1.29 is 5.11 Å². The Labute approximate surface area is 137 Å². The van der Waals surface area contributed by atoms with Crippen molar-refractivity contribution in [3.8, 4) is 5.75 Å². The maximum atomic E-state index is 11.8. The van der Waals surface area contributed by atoms with Gasteiger partial charge in [-0.25, -0.2) is 0 Å². The van der Waals surface area contributed by atoms with Crippen LogP contribution in [0.4, 0.5) is 0 Å². The van der Waals surface area contributed by atoms with E-state index in [4.69, 9.17) is 0 Å². The topological polar surface area (TPSA) is 58.4 Å². The van der Waals surface area contributed by atoms with Gasteiger partial charge in [-0.2, -0.15) is 0 Å². The molecule has 0 amide bonds. The molecule has 0 saturated carbocycles. The molecule has 0 aromatic carbocycles. The average Bonchev–Trinajstić information content (AvgIpc) is 2.57. The molecule has 5 nitrogen and oxygen atoms in total. The quantitative estimate of drug-likeness (QED) is 0.813. The molecule has 1 N–H and O–H groups in total.